The topological polar surface area (TPSA) is 67.7 Å². The van der Waals surface area contributed by atoms with Crippen LogP contribution >= 0.6 is 0 Å². The SMILES string of the molecule is O=Nc1nccc(N2CCOCC2)n1. The molecule has 0 atom stereocenters. The second-order valence-corrected chi connectivity index (χ2v) is 2.91. The standard InChI is InChI=1S/C8H10N4O2/c13-11-8-9-2-1-7(10-8)12-3-5-14-6-4-12/h1-2H,3-6H2. The molecule has 0 N–H and O–H groups in total. The van der Waals surface area contributed by atoms with Crippen molar-refractivity contribution in [3.63, 3.8) is 0 Å². The van der Waals surface area contributed by atoms with E-state index in [0.29, 0.717) is 13.2 Å². The van der Waals surface area contributed by atoms with Crippen LogP contribution < -0.4 is 4.90 Å². The maximum atomic E-state index is 10.2. The Morgan fingerprint density at radius 3 is 2.93 bits per heavy atom. The number of nitrogens with zero attached hydrogens (tertiary/aromatic N) is 4. The summed E-state index contributed by atoms with van der Waals surface area (Å²) < 4.78 is 5.21. The smallest absolute Gasteiger partial charge is 0.292 e. The van der Waals surface area contributed by atoms with Crippen molar-refractivity contribution in [3.05, 3.63) is 17.2 Å². The molecule has 0 saturated carbocycles. The minimum Gasteiger partial charge on any atom is -0.378 e. The first-order chi connectivity index (χ1) is 6.90. The van der Waals surface area contributed by atoms with Crippen LogP contribution in [0.15, 0.2) is 17.4 Å². The Bertz CT molecular complexity index is 325. The zero-order valence-corrected chi connectivity index (χ0v) is 7.59. The van der Waals surface area contributed by atoms with Gasteiger partial charge in [-0.1, -0.05) is 0 Å². The summed E-state index contributed by atoms with van der Waals surface area (Å²) in [7, 11) is 0. The molecule has 0 aliphatic carbocycles. The van der Waals surface area contributed by atoms with E-state index in [4.69, 9.17) is 4.74 Å². The summed E-state index contributed by atoms with van der Waals surface area (Å²) in [6.07, 6.45) is 1.54. The summed E-state index contributed by atoms with van der Waals surface area (Å²) in [6, 6.07) is 1.76. The largest absolute Gasteiger partial charge is 0.378 e. The Kier molecular flexibility index (Phi) is 2.64. The number of rotatable bonds is 2. The number of aromatic nitrogens is 2. The number of hydrogen-bond donors (Lipinski definition) is 0. The number of morpholine rings is 1. The summed E-state index contributed by atoms with van der Waals surface area (Å²) in [5, 5.41) is 2.70. The third kappa shape index (κ3) is 1.85. The summed E-state index contributed by atoms with van der Waals surface area (Å²) >= 11 is 0. The molecule has 6 nitrogen and oxygen atoms in total. The Morgan fingerprint density at radius 1 is 1.43 bits per heavy atom. The molecule has 6 heteroatoms. The first-order valence-electron chi connectivity index (χ1n) is 4.39. The van der Waals surface area contributed by atoms with Crippen molar-refractivity contribution < 1.29 is 4.74 Å². The molecule has 74 valence electrons. The summed E-state index contributed by atoms with van der Waals surface area (Å²) in [5.74, 6) is 0.715. The fourth-order valence-corrected chi connectivity index (χ4v) is 1.35. The second kappa shape index (κ2) is 4.10. The Hall–Kier alpha value is -1.56. The van der Waals surface area contributed by atoms with Gasteiger partial charge in [0.1, 0.15) is 5.82 Å². The van der Waals surface area contributed by atoms with E-state index < -0.39 is 0 Å². The van der Waals surface area contributed by atoms with Gasteiger partial charge in [-0.15, -0.1) is 4.91 Å². The molecule has 1 fully saturated rings. The van der Waals surface area contributed by atoms with Crippen molar-refractivity contribution in [2.75, 3.05) is 31.2 Å². The van der Waals surface area contributed by atoms with Crippen LogP contribution in [0.3, 0.4) is 0 Å². The second-order valence-electron chi connectivity index (χ2n) is 2.91. The van der Waals surface area contributed by atoms with Gasteiger partial charge in [0.05, 0.1) is 13.2 Å². The van der Waals surface area contributed by atoms with E-state index in [1.54, 1.807) is 6.07 Å². The van der Waals surface area contributed by atoms with Gasteiger partial charge in [-0.3, -0.25) is 0 Å². The van der Waals surface area contributed by atoms with Gasteiger partial charge in [0.25, 0.3) is 5.95 Å². The predicted octanol–water partition coefficient (Wildman–Crippen LogP) is 0.711. The Balaban J connectivity index is 2.17. The molecule has 1 aromatic heterocycles. The van der Waals surface area contributed by atoms with Crippen molar-refractivity contribution in [2.24, 2.45) is 5.18 Å². The van der Waals surface area contributed by atoms with Crippen LogP contribution in [-0.2, 0) is 4.74 Å². The Labute approximate surface area is 80.9 Å². The van der Waals surface area contributed by atoms with Crippen molar-refractivity contribution in [1.29, 1.82) is 0 Å². The third-order valence-corrected chi connectivity index (χ3v) is 2.04. The highest BCUT2D eigenvalue weighted by atomic mass is 16.5. The lowest BCUT2D eigenvalue weighted by atomic mass is 10.4. The molecule has 0 spiro atoms. The highest BCUT2D eigenvalue weighted by Crippen LogP contribution is 2.14. The number of nitroso groups, excluding NO2 is 1. The molecule has 0 unspecified atom stereocenters. The molecule has 1 saturated heterocycles. The number of hydrogen-bond acceptors (Lipinski definition) is 6. The third-order valence-electron chi connectivity index (χ3n) is 2.04. The fraction of sp³-hybridized carbons (Fsp3) is 0.500. The van der Waals surface area contributed by atoms with Gasteiger partial charge in [0.15, 0.2) is 0 Å². The molecule has 0 aromatic carbocycles. The molecule has 1 aliphatic heterocycles. The fourth-order valence-electron chi connectivity index (χ4n) is 1.35. The molecule has 1 aliphatic rings. The van der Waals surface area contributed by atoms with Crippen LogP contribution in [0.2, 0.25) is 0 Å². The van der Waals surface area contributed by atoms with Gasteiger partial charge in [-0.2, -0.15) is 4.98 Å². The minimum absolute atomic E-state index is 0.0195. The zero-order chi connectivity index (χ0) is 9.80. The van der Waals surface area contributed by atoms with Gasteiger partial charge in [0, 0.05) is 24.5 Å². The highest BCUT2D eigenvalue weighted by Gasteiger charge is 2.12. The molecular weight excluding hydrogens is 184 g/mol. The lowest BCUT2D eigenvalue weighted by Crippen LogP contribution is -2.36. The zero-order valence-electron chi connectivity index (χ0n) is 7.59. The van der Waals surface area contributed by atoms with Crippen molar-refractivity contribution in [3.8, 4) is 0 Å². The average molecular weight is 194 g/mol. The van der Waals surface area contributed by atoms with Crippen LogP contribution in [0.4, 0.5) is 11.8 Å². The quantitative estimate of drug-likeness (QED) is 0.648. The summed E-state index contributed by atoms with van der Waals surface area (Å²) in [6.45, 7) is 2.95. The number of anilines is 1. The molecule has 0 radical (unpaired) electrons. The minimum atomic E-state index is -0.0195. The molecule has 2 heterocycles. The maximum Gasteiger partial charge on any atom is 0.292 e. The molecule has 0 amide bonds. The Morgan fingerprint density at radius 2 is 2.21 bits per heavy atom. The van der Waals surface area contributed by atoms with Crippen LogP contribution in [0, 0.1) is 4.91 Å². The maximum absolute atomic E-state index is 10.2. The van der Waals surface area contributed by atoms with Gasteiger partial charge in [0.2, 0.25) is 0 Å². The van der Waals surface area contributed by atoms with E-state index >= 15 is 0 Å². The van der Waals surface area contributed by atoms with Crippen LogP contribution in [-0.4, -0.2) is 36.3 Å². The van der Waals surface area contributed by atoms with E-state index in [2.05, 4.69) is 15.1 Å². The van der Waals surface area contributed by atoms with E-state index in [-0.39, 0.29) is 5.95 Å². The monoisotopic (exact) mass is 194 g/mol. The summed E-state index contributed by atoms with van der Waals surface area (Å²) in [5.41, 5.74) is 0. The molecular formula is C8H10N4O2. The van der Waals surface area contributed by atoms with E-state index in [9.17, 15) is 4.91 Å². The van der Waals surface area contributed by atoms with Gasteiger partial charge in [-0.25, -0.2) is 4.98 Å². The first-order valence-corrected chi connectivity index (χ1v) is 4.39. The van der Waals surface area contributed by atoms with Gasteiger partial charge < -0.3 is 9.64 Å². The van der Waals surface area contributed by atoms with E-state index in [1.165, 1.54) is 6.20 Å². The molecule has 14 heavy (non-hydrogen) atoms. The van der Waals surface area contributed by atoms with Crippen LogP contribution in [0.5, 0.6) is 0 Å². The van der Waals surface area contributed by atoms with Crippen LogP contribution in [0.1, 0.15) is 0 Å². The number of ether oxygens (including phenoxy) is 1. The first kappa shape index (κ1) is 9.01. The summed E-state index contributed by atoms with van der Waals surface area (Å²) in [4.78, 5) is 20.0. The van der Waals surface area contributed by atoms with Gasteiger partial charge in [-0.05, 0) is 6.07 Å². The van der Waals surface area contributed by atoms with Crippen LogP contribution in [0.25, 0.3) is 0 Å². The molecule has 2 rings (SSSR count). The molecule has 1 aromatic rings. The highest BCUT2D eigenvalue weighted by molar-refractivity contribution is 5.40. The van der Waals surface area contributed by atoms with E-state index in [1.807, 2.05) is 4.90 Å². The van der Waals surface area contributed by atoms with E-state index in [0.717, 1.165) is 18.9 Å². The van der Waals surface area contributed by atoms with Gasteiger partial charge >= 0.3 is 0 Å². The normalized spacial score (nSPS) is 16.7. The van der Waals surface area contributed by atoms with Crippen molar-refractivity contribution in [1.82, 2.24) is 9.97 Å². The molecule has 0 bridgehead atoms. The van der Waals surface area contributed by atoms with Crippen molar-refractivity contribution >= 4 is 11.8 Å². The average Bonchev–Trinajstić information content (AvgIpc) is 2.30. The predicted molar refractivity (Wildman–Crippen MR) is 50.5 cm³/mol. The lowest BCUT2D eigenvalue weighted by molar-refractivity contribution is 0.122. The van der Waals surface area contributed by atoms with Crippen molar-refractivity contribution in [2.45, 2.75) is 0 Å². The lowest BCUT2D eigenvalue weighted by Gasteiger charge is -2.27.